The van der Waals surface area contributed by atoms with E-state index in [1.165, 1.54) is 12.1 Å². The maximum Gasteiger partial charge on any atom is 0.349 e. The fourth-order valence-corrected chi connectivity index (χ4v) is 5.22. The highest BCUT2D eigenvalue weighted by atomic mass is 32.2. The number of benzene rings is 1. The van der Waals surface area contributed by atoms with Crippen molar-refractivity contribution in [1.29, 1.82) is 0 Å². The van der Waals surface area contributed by atoms with Crippen LogP contribution in [0.2, 0.25) is 0 Å². The van der Waals surface area contributed by atoms with Crippen LogP contribution in [0.5, 0.6) is 0 Å². The van der Waals surface area contributed by atoms with Crippen molar-refractivity contribution < 1.29 is 19.4 Å². The van der Waals surface area contributed by atoms with Gasteiger partial charge in [-0.15, -0.1) is 0 Å². The first-order chi connectivity index (χ1) is 12.9. The lowest BCUT2D eigenvalue weighted by Gasteiger charge is -2.17. The predicted octanol–water partition coefficient (Wildman–Crippen LogP) is 2.12. The van der Waals surface area contributed by atoms with Crippen molar-refractivity contribution in [3.8, 4) is 0 Å². The molecule has 2 saturated heterocycles. The third-order valence-corrected chi connectivity index (χ3v) is 6.44. The largest absolute Gasteiger partial charge is 0.349 e. The van der Waals surface area contributed by atoms with E-state index in [0.717, 1.165) is 18.2 Å². The minimum Gasteiger partial charge on any atom is -0.332 e. The van der Waals surface area contributed by atoms with Crippen molar-refractivity contribution in [3.63, 3.8) is 0 Å². The molecule has 2 amide bonds. The summed E-state index contributed by atoms with van der Waals surface area (Å²) in [7, 11) is 0. The lowest BCUT2D eigenvalue weighted by atomic mass is 9.91. The first-order valence-electron chi connectivity index (χ1n) is 8.48. The molecule has 2 aliphatic heterocycles. The van der Waals surface area contributed by atoms with Gasteiger partial charge in [0.05, 0.1) is 21.9 Å². The highest BCUT2D eigenvalue weighted by Gasteiger charge is 2.42. The molecule has 0 aliphatic carbocycles. The van der Waals surface area contributed by atoms with Crippen LogP contribution in [0.15, 0.2) is 18.2 Å². The number of carbonyl (C=O) groups excluding carboxylic acids is 2. The first-order valence-corrected chi connectivity index (χ1v) is 9.53. The third kappa shape index (κ3) is 3.87. The minimum atomic E-state index is -0.811. The minimum absolute atomic E-state index is 0.0457. The zero-order valence-corrected chi connectivity index (χ0v) is 15.0. The van der Waals surface area contributed by atoms with Crippen LogP contribution in [-0.4, -0.2) is 45.3 Å². The van der Waals surface area contributed by atoms with Gasteiger partial charge in [0.1, 0.15) is 6.29 Å². The average molecular weight is 394 g/mol. The van der Waals surface area contributed by atoms with Gasteiger partial charge in [-0.2, -0.15) is 11.8 Å². The van der Waals surface area contributed by atoms with Crippen LogP contribution in [0.3, 0.4) is 0 Å². The Bertz CT molecular complexity index is 788. The molecule has 0 aromatic heterocycles. The molecule has 2 fully saturated rings. The summed E-state index contributed by atoms with van der Waals surface area (Å²) in [6.07, 6.45) is 2.30. The Kier molecular flexibility index (Phi) is 5.59. The molecule has 27 heavy (non-hydrogen) atoms. The number of nitro groups is 2. The topological polar surface area (TPSA) is 144 Å². The van der Waals surface area contributed by atoms with Crippen LogP contribution < -0.4 is 10.6 Å². The monoisotopic (exact) mass is 394 g/mol. The smallest absolute Gasteiger partial charge is 0.332 e. The summed E-state index contributed by atoms with van der Waals surface area (Å²) in [5, 5.41) is 28.4. The molecule has 0 radical (unpaired) electrons. The van der Waals surface area contributed by atoms with E-state index in [-0.39, 0.29) is 28.9 Å². The van der Waals surface area contributed by atoms with Crippen LogP contribution in [-0.2, 0) is 4.79 Å². The fourth-order valence-electron chi connectivity index (χ4n) is 3.67. The molecule has 4 atom stereocenters. The van der Waals surface area contributed by atoms with E-state index in [1.807, 2.05) is 0 Å². The molecular weight excluding hydrogens is 376 g/mol. The highest BCUT2D eigenvalue weighted by molar-refractivity contribution is 8.00. The zero-order chi connectivity index (χ0) is 19.6. The van der Waals surface area contributed by atoms with Crippen LogP contribution >= 0.6 is 11.8 Å². The standard InChI is InChI=1S/C16H18N4O6S/c21-7-9(10-4-2-5-12(19(23)24)15(10)20(25)26)3-1-6-13-14-11(8-27-13)17-16(22)18-14/h2,4-5,7,9,11,13-14H,1,3,6,8H2,(H2,17,18,22)/t9?,11-,13-,14-/m0/s1. The first kappa shape index (κ1) is 19.1. The number of thioether (sulfide) groups is 1. The summed E-state index contributed by atoms with van der Waals surface area (Å²) >= 11 is 1.74. The second-order valence-electron chi connectivity index (χ2n) is 6.52. The van der Waals surface area contributed by atoms with Gasteiger partial charge in [0, 0.05) is 28.6 Å². The number of rotatable bonds is 8. The van der Waals surface area contributed by atoms with E-state index in [1.54, 1.807) is 11.8 Å². The van der Waals surface area contributed by atoms with Gasteiger partial charge in [-0.25, -0.2) is 4.79 Å². The summed E-state index contributed by atoms with van der Waals surface area (Å²) in [5.41, 5.74) is -1.17. The normalized spacial score (nSPS) is 24.6. The number of fused-ring (bicyclic) bond motifs is 1. The van der Waals surface area contributed by atoms with Crippen LogP contribution in [0, 0.1) is 20.2 Å². The molecule has 2 N–H and O–H groups in total. The number of nitrogens with one attached hydrogen (secondary N) is 2. The number of urea groups is 1. The third-order valence-electron chi connectivity index (χ3n) is 4.93. The van der Waals surface area contributed by atoms with Gasteiger partial charge in [0.15, 0.2) is 0 Å². The molecule has 0 bridgehead atoms. The summed E-state index contributed by atoms with van der Waals surface area (Å²) in [6, 6.07) is 3.79. The van der Waals surface area contributed by atoms with E-state index in [0.29, 0.717) is 19.1 Å². The highest BCUT2D eigenvalue weighted by Crippen LogP contribution is 2.38. The number of para-hydroxylation sites is 1. The van der Waals surface area contributed by atoms with Crippen molar-refractivity contribution in [2.75, 3.05) is 5.75 Å². The number of hydrogen-bond acceptors (Lipinski definition) is 7. The van der Waals surface area contributed by atoms with E-state index >= 15 is 0 Å². The maximum absolute atomic E-state index is 11.5. The molecule has 2 heterocycles. The summed E-state index contributed by atoms with van der Waals surface area (Å²) in [4.78, 5) is 43.8. The predicted molar refractivity (Wildman–Crippen MR) is 97.9 cm³/mol. The molecule has 2 aliphatic rings. The molecule has 144 valence electrons. The van der Waals surface area contributed by atoms with Crippen LogP contribution in [0.1, 0.15) is 30.7 Å². The molecule has 10 nitrogen and oxygen atoms in total. The van der Waals surface area contributed by atoms with E-state index in [9.17, 15) is 29.8 Å². The lowest BCUT2D eigenvalue weighted by molar-refractivity contribution is -0.423. The zero-order valence-electron chi connectivity index (χ0n) is 14.2. The second-order valence-corrected chi connectivity index (χ2v) is 7.80. The van der Waals surface area contributed by atoms with Crippen LogP contribution in [0.4, 0.5) is 16.2 Å². The Labute approximate surface area is 158 Å². The molecule has 3 rings (SSSR count). The molecule has 1 aromatic rings. The number of hydrogen-bond donors (Lipinski definition) is 2. The molecule has 0 spiro atoms. The van der Waals surface area contributed by atoms with Crippen molar-refractivity contribution >= 4 is 35.5 Å². The van der Waals surface area contributed by atoms with Gasteiger partial charge in [-0.1, -0.05) is 18.6 Å². The lowest BCUT2D eigenvalue weighted by Crippen LogP contribution is -2.36. The average Bonchev–Trinajstić information content (AvgIpc) is 3.17. The van der Waals surface area contributed by atoms with Crippen LogP contribution in [0.25, 0.3) is 0 Å². The Hall–Kier alpha value is -2.69. The van der Waals surface area contributed by atoms with Gasteiger partial charge in [0.2, 0.25) is 0 Å². The molecule has 11 heteroatoms. The molecule has 1 aromatic carbocycles. The summed E-state index contributed by atoms with van der Waals surface area (Å²) < 4.78 is 0. The Morgan fingerprint density at radius 1 is 1.26 bits per heavy atom. The number of nitrogens with zero attached hydrogens (tertiary/aromatic N) is 2. The molecular formula is C16H18N4O6S. The van der Waals surface area contributed by atoms with E-state index in [4.69, 9.17) is 0 Å². The SMILES string of the molecule is O=CC(CCC[C@@H]1SC[C@@H]2NC(=O)N[C@@H]21)c1cccc([N+](=O)[O-])c1[N+](=O)[O-]. The van der Waals surface area contributed by atoms with E-state index < -0.39 is 27.1 Å². The van der Waals surface area contributed by atoms with Crippen molar-refractivity contribution in [3.05, 3.63) is 44.0 Å². The second kappa shape index (κ2) is 7.91. The molecule has 0 saturated carbocycles. The number of carbonyl (C=O) groups is 2. The van der Waals surface area contributed by atoms with Gasteiger partial charge >= 0.3 is 17.4 Å². The number of amides is 2. The Morgan fingerprint density at radius 2 is 2.04 bits per heavy atom. The Balaban J connectivity index is 1.68. The quantitative estimate of drug-likeness (QED) is 0.297. The van der Waals surface area contributed by atoms with Gasteiger partial charge in [-0.3, -0.25) is 20.2 Å². The summed E-state index contributed by atoms with van der Waals surface area (Å²) in [5.74, 6) is 0.0328. The van der Waals surface area contributed by atoms with Crippen molar-refractivity contribution in [2.24, 2.45) is 0 Å². The fraction of sp³-hybridized carbons (Fsp3) is 0.500. The Morgan fingerprint density at radius 3 is 2.70 bits per heavy atom. The number of nitro benzene ring substituents is 2. The maximum atomic E-state index is 11.5. The van der Waals surface area contributed by atoms with Crippen molar-refractivity contribution in [2.45, 2.75) is 42.5 Å². The number of aldehydes is 1. The van der Waals surface area contributed by atoms with E-state index in [2.05, 4.69) is 10.6 Å². The summed E-state index contributed by atoms with van der Waals surface area (Å²) in [6.45, 7) is 0. The molecule has 1 unspecified atom stereocenters. The van der Waals surface area contributed by atoms with Gasteiger partial charge in [0.25, 0.3) is 0 Å². The van der Waals surface area contributed by atoms with Crippen molar-refractivity contribution in [1.82, 2.24) is 10.6 Å². The van der Waals surface area contributed by atoms with Gasteiger partial charge < -0.3 is 15.4 Å². The van der Waals surface area contributed by atoms with Gasteiger partial charge in [-0.05, 0) is 12.8 Å².